The van der Waals surface area contributed by atoms with Crippen LogP contribution in [0.15, 0.2) is 18.2 Å². The summed E-state index contributed by atoms with van der Waals surface area (Å²) in [6.07, 6.45) is 0. The Morgan fingerprint density at radius 2 is 2.07 bits per heavy atom. The van der Waals surface area contributed by atoms with Gasteiger partial charge in [0.1, 0.15) is 5.75 Å². The van der Waals surface area contributed by atoms with E-state index < -0.39 is 5.92 Å². The fourth-order valence-corrected chi connectivity index (χ4v) is 1.35. The predicted octanol–water partition coefficient (Wildman–Crippen LogP) is 2.57. The fourth-order valence-electron chi connectivity index (χ4n) is 1.35. The van der Waals surface area contributed by atoms with E-state index in [4.69, 9.17) is 5.73 Å². The van der Waals surface area contributed by atoms with Crippen LogP contribution in [0.4, 0.5) is 8.78 Å². The predicted molar refractivity (Wildman–Crippen MR) is 55.1 cm³/mol. The quantitative estimate of drug-likeness (QED) is 0.814. The van der Waals surface area contributed by atoms with Gasteiger partial charge in [-0.05, 0) is 36.2 Å². The third kappa shape index (κ3) is 2.65. The first-order valence-electron chi connectivity index (χ1n) is 4.77. The van der Waals surface area contributed by atoms with E-state index in [1.165, 1.54) is 18.2 Å². The molecule has 0 heterocycles. The van der Waals surface area contributed by atoms with Crippen molar-refractivity contribution in [1.29, 1.82) is 0 Å². The molecule has 0 radical (unpaired) electrons. The molecule has 2 nitrogen and oxygen atoms in total. The summed E-state index contributed by atoms with van der Waals surface area (Å²) >= 11 is 0. The second kappa shape index (κ2) is 4.14. The SMILES string of the molecule is CC(CN)c1cc(C(C)(F)F)ccc1O. The molecule has 1 atom stereocenters. The van der Waals surface area contributed by atoms with Gasteiger partial charge in [-0.1, -0.05) is 6.92 Å². The van der Waals surface area contributed by atoms with Crippen molar-refractivity contribution in [3.05, 3.63) is 29.3 Å². The Morgan fingerprint density at radius 3 is 2.53 bits per heavy atom. The van der Waals surface area contributed by atoms with Crippen LogP contribution in [-0.4, -0.2) is 11.7 Å². The van der Waals surface area contributed by atoms with Gasteiger partial charge in [0.2, 0.25) is 0 Å². The van der Waals surface area contributed by atoms with Crippen LogP contribution in [0.2, 0.25) is 0 Å². The number of phenolic OH excluding ortho intramolecular Hbond substituents is 1. The molecule has 1 unspecified atom stereocenters. The van der Waals surface area contributed by atoms with Crippen LogP contribution in [0.5, 0.6) is 5.75 Å². The van der Waals surface area contributed by atoms with Crippen molar-refractivity contribution in [1.82, 2.24) is 0 Å². The molecule has 0 bridgehead atoms. The molecule has 0 saturated heterocycles. The summed E-state index contributed by atoms with van der Waals surface area (Å²) in [5.74, 6) is -3.01. The Labute approximate surface area is 87.7 Å². The van der Waals surface area contributed by atoms with Gasteiger partial charge in [-0.25, -0.2) is 8.78 Å². The fraction of sp³-hybridized carbons (Fsp3) is 0.455. The first-order chi connectivity index (χ1) is 6.86. The molecule has 0 aliphatic rings. The molecule has 0 amide bonds. The van der Waals surface area contributed by atoms with Gasteiger partial charge in [-0.2, -0.15) is 0 Å². The van der Waals surface area contributed by atoms with E-state index in [1.807, 2.05) is 0 Å². The molecule has 0 saturated carbocycles. The summed E-state index contributed by atoms with van der Waals surface area (Å²) in [4.78, 5) is 0. The average molecular weight is 215 g/mol. The number of aromatic hydroxyl groups is 1. The number of alkyl halides is 2. The lowest BCUT2D eigenvalue weighted by Crippen LogP contribution is -2.12. The number of hydrogen-bond donors (Lipinski definition) is 2. The molecule has 0 fully saturated rings. The lowest BCUT2D eigenvalue weighted by Gasteiger charge is -2.16. The van der Waals surface area contributed by atoms with E-state index in [0.29, 0.717) is 12.1 Å². The van der Waals surface area contributed by atoms with E-state index in [2.05, 4.69) is 0 Å². The number of phenols is 1. The van der Waals surface area contributed by atoms with Crippen molar-refractivity contribution in [2.24, 2.45) is 5.73 Å². The lowest BCUT2D eigenvalue weighted by atomic mass is 9.96. The zero-order valence-corrected chi connectivity index (χ0v) is 8.80. The maximum Gasteiger partial charge on any atom is 0.270 e. The van der Waals surface area contributed by atoms with Gasteiger partial charge in [0.25, 0.3) is 5.92 Å². The molecule has 0 aliphatic carbocycles. The van der Waals surface area contributed by atoms with Crippen LogP contribution >= 0.6 is 0 Å². The number of nitrogens with two attached hydrogens (primary N) is 1. The molecule has 4 heteroatoms. The minimum atomic E-state index is -2.89. The number of halogens is 2. The van der Waals surface area contributed by atoms with Gasteiger partial charge >= 0.3 is 0 Å². The Kier molecular flexibility index (Phi) is 3.29. The molecule has 1 aromatic rings. The van der Waals surface area contributed by atoms with E-state index in [1.54, 1.807) is 6.92 Å². The summed E-state index contributed by atoms with van der Waals surface area (Å²) in [6.45, 7) is 2.93. The third-order valence-corrected chi connectivity index (χ3v) is 2.42. The Bertz CT molecular complexity index is 347. The second-order valence-corrected chi connectivity index (χ2v) is 3.80. The molecule has 0 aliphatic heterocycles. The minimum absolute atomic E-state index is 0.0148. The van der Waals surface area contributed by atoms with Crippen molar-refractivity contribution >= 4 is 0 Å². The maximum absolute atomic E-state index is 13.0. The van der Waals surface area contributed by atoms with Gasteiger partial charge in [0.05, 0.1) is 0 Å². The molecule has 84 valence electrons. The van der Waals surface area contributed by atoms with Crippen LogP contribution in [0.25, 0.3) is 0 Å². The highest BCUT2D eigenvalue weighted by molar-refractivity contribution is 5.39. The van der Waals surface area contributed by atoms with Gasteiger partial charge < -0.3 is 10.8 Å². The van der Waals surface area contributed by atoms with Crippen LogP contribution in [-0.2, 0) is 5.92 Å². The maximum atomic E-state index is 13.0. The molecule has 3 N–H and O–H groups in total. The van der Waals surface area contributed by atoms with Crippen LogP contribution in [0.1, 0.15) is 30.9 Å². The highest BCUT2D eigenvalue weighted by atomic mass is 19.3. The Hall–Kier alpha value is -1.16. The van der Waals surface area contributed by atoms with Gasteiger partial charge in [0, 0.05) is 12.5 Å². The molecule has 0 spiro atoms. The third-order valence-electron chi connectivity index (χ3n) is 2.42. The highest BCUT2D eigenvalue weighted by Crippen LogP contribution is 2.33. The summed E-state index contributed by atoms with van der Waals surface area (Å²) in [5, 5.41) is 9.50. The van der Waals surface area contributed by atoms with Crippen molar-refractivity contribution < 1.29 is 13.9 Å². The van der Waals surface area contributed by atoms with Crippen molar-refractivity contribution in [2.45, 2.75) is 25.7 Å². The number of hydrogen-bond acceptors (Lipinski definition) is 2. The van der Waals surface area contributed by atoms with Crippen LogP contribution < -0.4 is 5.73 Å². The van der Waals surface area contributed by atoms with E-state index in [9.17, 15) is 13.9 Å². The van der Waals surface area contributed by atoms with Crippen molar-refractivity contribution in [2.75, 3.05) is 6.54 Å². The monoisotopic (exact) mass is 215 g/mol. The first-order valence-corrected chi connectivity index (χ1v) is 4.77. The van der Waals surface area contributed by atoms with E-state index in [0.717, 1.165) is 6.92 Å². The van der Waals surface area contributed by atoms with Crippen LogP contribution in [0.3, 0.4) is 0 Å². The Morgan fingerprint density at radius 1 is 1.47 bits per heavy atom. The van der Waals surface area contributed by atoms with Crippen molar-refractivity contribution in [3.63, 3.8) is 0 Å². The summed E-state index contributed by atoms with van der Waals surface area (Å²) in [5.41, 5.74) is 5.80. The minimum Gasteiger partial charge on any atom is -0.508 e. The van der Waals surface area contributed by atoms with Gasteiger partial charge in [0.15, 0.2) is 0 Å². The summed E-state index contributed by atoms with van der Waals surface area (Å²) in [7, 11) is 0. The lowest BCUT2D eigenvalue weighted by molar-refractivity contribution is 0.0173. The smallest absolute Gasteiger partial charge is 0.270 e. The normalized spacial score (nSPS) is 13.9. The molecule has 0 aromatic heterocycles. The average Bonchev–Trinajstić information content (AvgIpc) is 2.15. The molecular formula is C11H15F2NO. The number of rotatable bonds is 3. The summed E-state index contributed by atoms with van der Waals surface area (Å²) < 4.78 is 26.0. The topological polar surface area (TPSA) is 46.2 Å². The number of benzene rings is 1. The van der Waals surface area contributed by atoms with Gasteiger partial charge in [-0.15, -0.1) is 0 Å². The standard InChI is InChI=1S/C11H15F2NO/c1-7(6-14)9-5-8(11(2,12)13)3-4-10(9)15/h3-5,7,15H,6,14H2,1-2H3. The van der Waals surface area contributed by atoms with E-state index >= 15 is 0 Å². The van der Waals surface area contributed by atoms with Gasteiger partial charge in [-0.3, -0.25) is 0 Å². The second-order valence-electron chi connectivity index (χ2n) is 3.80. The first kappa shape index (κ1) is 11.9. The molecule has 1 rings (SSSR count). The zero-order valence-electron chi connectivity index (χ0n) is 8.80. The Balaban J connectivity index is 3.17. The zero-order chi connectivity index (χ0) is 11.6. The molecule has 1 aromatic carbocycles. The largest absolute Gasteiger partial charge is 0.508 e. The molecule has 15 heavy (non-hydrogen) atoms. The molecular weight excluding hydrogens is 200 g/mol. The van der Waals surface area contributed by atoms with E-state index in [-0.39, 0.29) is 17.2 Å². The summed E-state index contributed by atoms with van der Waals surface area (Å²) in [6, 6.07) is 3.82. The highest BCUT2D eigenvalue weighted by Gasteiger charge is 2.25. The van der Waals surface area contributed by atoms with Crippen molar-refractivity contribution in [3.8, 4) is 5.75 Å². The van der Waals surface area contributed by atoms with Crippen LogP contribution in [0, 0.1) is 0 Å².